The van der Waals surface area contributed by atoms with Crippen LogP contribution in [0.15, 0.2) is 97.1 Å². The van der Waals surface area contributed by atoms with E-state index >= 15 is 0 Å². The van der Waals surface area contributed by atoms with Crippen LogP contribution in [-0.4, -0.2) is 53.4 Å². The second-order valence-electron chi connectivity index (χ2n) is 16.7. The van der Waals surface area contributed by atoms with E-state index in [4.69, 9.17) is 9.97 Å². The van der Waals surface area contributed by atoms with Gasteiger partial charge in [0.05, 0.1) is 65.2 Å². The smallest absolute Gasteiger partial charge is 0.167 e. The summed E-state index contributed by atoms with van der Waals surface area (Å²) in [6.45, 7) is 14.8. The van der Waals surface area contributed by atoms with Gasteiger partial charge in [-0.2, -0.15) is 0 Å². The average molecular weight is 732 g/mol. The maximum Gasteiger partial charge on any atom is 0.167 e. The molecule has 7 aromatic rings. The molecule has 10 heteroatoms. The van der Waals surface area contributed by atoms with Crippen LogP contribution in [0.4, 0.5) is 23.0 Å². The third kappa shape index (κ3) is 5.03. The van der Waals surface area contributed by atoms with Crippen molar-refractivity contribution in [3.05, 3.63) is 97.1 Å². The minimum Gasteiger partial charge on any atom is -0.339 e. The lowest BCUT2D eigenvalue weighted by Gasteiger charge is -2.30. The molecule has 0 fully saturated rings. The first-order valence-electron chi connectivity index (χ1n) is 18.1. The zero-order valence-corrected chi connectivity index (χ0v) is 33.2. The van der Waals surface area contributed by atoms with Gasteiger partial charge in [0, 0.05) is 28.5 Å². The van der Waals surface area contributed by atoms with E-state index in [0.29, 0.717) is 0 Å². The molecule has 6 bridgehead atoms. The average Bonchev–Trinajstić information content (AvgIpc) is 3.89. The maximum absolute atomic E-state index is 5.49. The van der Waals surface area contributed by atoms with Crippen LogP contribution < -0.4 is 9.80 Å². The van der Waals surface area contributed by atoms with Crippen molar-refractivity contribution < 1.29 is 0 Å². The molecule has 2 aromatic heterocycles. The number of nitrogens with one attached hydrogen (secondary N) is 3. The summed E-state index contributed by atoms with van der Waals surface area (Å²) in [4.78, 5) is 27.2. The summed E-state index contributed by atoms with van der Waals surface area (Å²) in [5.41, 5.74) is 7.72. The van der Waals surface area contributed by atoms with Crippen LogP contribution in [0.5, 0.6) is 0 Å². The Labute approximate surface area is 308 Å². The number of thiazole rings is 1. The van der Waals surface area contributed by atoms with E-state index < -0.39 is 16.1 Å². The summed E-state index contributed by atoms with van der Waals surface area (Å²) in [6.07, 6.45) is 1.93. The molecular weight excluding hydrogens is 691 g/mol. The molecule has 0 unspecified atom stereocenters. The van der Waals surface area contributed by atoms with Crippen molar-refractivity contribution >= 4 is 115 Å². The molecule has 0 saturated heterocycles. The van der Waals surface area contributed by atoms with Gasteiger partial charge in [0.1, 0.15) is 11.6 Å². The summed E-state index contributed by atoms with van der Waals surface area (Å²) in [6, 6.07) is 35.4. The van der Waals surface area contributed by atoms with Crippen LogP contribution in [-0.2, 0) is 0 Å². The molecule has 0 amide bonds. The predicted molar refractivity (Wildman–Crippen MR) is 229 cm³/mol. The zero-order chi connectivity index (χ0) is 35.5. The first-order chi connectivity index (χ1) is 25.0. The molecule has 3 N–H and O–H groups in total. The van der Waals surface area contributed by atoms with Gasteiger partial charge in [0.25, 0.3) is 0 Å². The lowest BCUT2D eigenvalue weighted by Crippen LogP contribution is -2.37. The van der Waals surface area contributed by atoms with Crippen molar-refractivity contribution in [3.8, 4) is 10.8 Å². The number of benzene rings is 5. The lowest BCUT2D eigenvalue weighted by atomic mass is 10.1. The number of aromatic amines is 3. The fourth-order valence-electron chi connectivity index (χ4n) is 8.04. The number of aromatic nitrogens is 5. The largest absolute Gasteiger partial charge is 0.339 e. The quantitative estimate of drug-likeness (QED) is 0.154. The Bertz CT molecular complexity index is 2870. The summed E-state index contributed by atoms with van der Waals surface area (Å²) in [5, 5.41) is 8.10. The second-order valence-corrected chi connectivity index (χ2v) is 28.6. The van der Waals surface area contributed by atoms with Gasteiger partial charge in [-0.15, -0.1) is 11.3 Å². The molecule has 4 aliphatic rings. The van der Waals surface area contributed by atoms with Gasteiger partial charge in [0.15, 0.2) is 10.8 Å². The minimum absolute atomic E-state index is 0.804. The van der Waals surface area contributed by atoms with Crippen LogP contribution in [0.1, 0.15) is 0 Å². The molecule has 7 nitrogen and oxygen atoms in total. The van der Waals surface area contributed by atoms with Gasteiger partial charge in [-0.25, -0.2) is 9.97 Å². The topological polar surface area (TPSA) is 79.6 Å². The first kappa shape index (κ1) is 31.6. The maximum atomic E-state index is 5.49. The van der Waals surface area contributed by atoms with E-state index in [0.717, 1.165) is 77.9 Å². The summed E-state index contributed by atoms with van der Waals surface area (Å²) in [7, 11) is -3.28. The SMILES string of the molecule is C[Si](C)(C)CN1c2c3cccc2c2ccc(cc2)c2cccc4[nH]c(c5c(ccc6sc(-c7nc8ccccc8[nH]7)nc65)c1[nH]3)N(C[Si](C)(C)C)c42. The van der Waals surface area contributed by atoms with E-state index in [1.807, 2.05) is 12.1 Å². The van der Waals surface area contributed by atoms with E-state index in [1.165, 1.54) is 32.9 Å². The molecule has 5 aromatic carbocycles. The molecule has 0 saturated carbocycles. The van der Waals surface area contributed by atoms with Gasteiger partial charge in [0.2, 0.25) is 0 Å². The third-order valence-corrected chi connectivity index (χ3v) is 13.6. The van der Waals surface area contributed by atoms with Crippen LogP contribution in [0.3, 0.4) is 0 Å². The number of imidazole rings is 1. The fourth-order valence-corrected chi connectivity index (χ4v) is 11.5. The highest BCUT2D eigenvalue weighted by Crippen LogP contribution is 2.48. The third-order valence-electron chi connectivity index (χ3n) is 10.1. The van der Waals surface area contributed by atoms with Crippen molar-refractivity contribution in [1.29, 1.82) is 0 Å². The summed E-state index contributed by atoms with van der Waals surface area (Å²) < 4.78 is 1.14. The van der Waals surface area contributed by atoms with Gasteiger partial charge in [-0.1, -0.05) is 99.9 Å². The Hall–Kier alpha value is -5.17. The Kier molecular flexibility index (Phi) is 6.78. The van der Waals surface area contributed by atoms with Gasteiger partial charge in [-0.3, -0.25) is 0 Å². The number of nitrogens with zero attached hydrogens (tertiary/aromatic N) is 4. The number of anilines is 4. The molecule has 0 spiro atoms. The van der Waals surface area contributed by atoms with Crippen LogP contribution in [0, 0.1) is 0 Å². The molecule has 52 heavy (non-hydrogen) atoms. The van der Waals surface area contributed by atoms with Crippen LogP contribution in [0.2, 0.25) is 39.3 Å². The highest BCUT2D eigenvalue weighted by Gasteiger charge is 2.32. The molecule has 0 aliphatic carbocycles. The molecule has 11 rings (SSSR count). The Morgan fingerprint density at radius 3 is 1.75 bits per heavy atom. The molecule has 0 radical (unpaired) electrons. The van der Waals surface area contributed by atoms with E-state index in [9.17, 15) is 0 Å². The zero-order valence-electron chi connectivity index (χ0n) is 30.3. The molecule has 0 atom stereocenters. The van der Waals surface area contributed by atoms with Crippen molar-refractivity contribution in [2.24, 2.45) is 0 Å². The van der Waals surface area contributed by atoms with Gasteiger partial charge < -0.3 is 24.8 Å². The number of hydrogen-bond donors (Lipinski definition) is 3. The Balaban J connectivity index is 1.40. The van der Waals surface area contributed by atoms with Crippen LogP contribution in [0.25, 0.3) is 75.4 Å². The molecular formula is C42H41N7SSi2. The van der Waals surface area contributed by atoms with Crippen molar-refractivity contribution in [1.82, 2.24) is 24.9 Å². The number of hydrogen-bond acceptors (Lipinski definition) is 5. The number of fused-ring (bicyclic) bond motifs is 4. The summed E-state index contributed by atoms with van der Waals surface area (Å²) >= 11 is 1.70. The van der Waals surface area contributed by atoms with E-state index in [2.05, 4.69) is 149 Å². The fraction of sp³-hybridized carbons (Fsp3) is 0.190. The van der Waals surface area contributed by atoms with Gasteiger partial charge >= 0.3 is 0 Å². The van der Waals surface area contributed by atoms with Crippen molar-refractivity contribution in [2.75, 3.05) is 22.1 Å². The number of para-hydroxylation sites is 4. The highest BCUT2D eigenvalue weighted by atomic mass is 32.1. The van der Waals surface area contributed by atoms with Crippen LogP contribution >= 0.6 is 11.3 Å². The predicted octanol–water partition coefficient (Wildman–Crippen LogP) is 12.0. The van der Waals surface area contributed by atoms with Gasteiger partial charge in [-0.05, 0) is 47.2 Å². The van der Waals surface area contributed by atoms with E-state index in [-0.39, 0.29) is 0 Å². The normalized spacial score (nSPS) is 13.7. The highest BCUT2D eigenvalue weighted by molar-refractivity contribution is 7.21. The lowest BCUT2D eigenvalue weighted by molar-refractivity contribution is 1.14. The molecule has 258 valence electrons. The summed E-state index contributed by atoms with van der Waals surface area (Å²) in [5.74, 6) is 3.02. The van der Waals surface area contributed by atoms with E-state index in [1.54, 1.807) is 11.3 Å². The Morgan fingerprint density at radius 1 is 0.558 bits per heavy atom. The standard InChI is InChI=1S/C42H41N7SSi2/c1-51(2,3)23-48-37-27-11-9-15-32(37)45-40(48)29-21-22-34-36(47-42(50-34)39-43-30-13-7-8-14-31(30)44-39)35(29)41-46-33-16-10-12-28(26-19-17-25(27)18-20-26)38(33)49(41)24-52(4,5)6/h7-22,45-46H,23-24H2,1-6H3,(H,43,44). The monoisotopic (exact) mass is 731 g/mol. The Morgan fingerprint density at radius 2 is 1.13 bits per heavy atom. The minimum atomic E-state index is -1.66. The molecule has 6 heterocycles. The van der Waals surface area contributed by atoms with Crippen molar-refractivity contribution in [2.45, 2.75) is 39.3 Å². The second kappa shape index (κ2) is 11.2. The first-order valence-corrected chi connectivity index (χ1v) is 26.3. The number of H-pyrrole nitrogens is 3. The molecule has 4 aliphatic heterocycles. The number of rotatable bonds is 5. The van der Waals surface area contributed by atoms with Crippen molar-refractivity contribution in [3.63, 3.8) is 0 Å².